The molecule has 1 N–H and O–H groups in total. The van der Waals surface area contributed by atoms with Crippen molar-refractivity contribution in [2.75, 3.05) is 25.9 Å². The van der Waals surface area contributed by atoms with Crippen molar-refractivity contribution in [2.45, 2.75) is 51.1 Å². The van der Waals surface area contributed by atoms with Crippen molar-refractivity contribution < 1.29 is 8.42 Å². The second-order valence-electron chi connectivity index (χ2n) is 6.84. The Morgan fingerprint density at radius 1 is 1.25 bits per heavy atom. The molecule has 1 fully saturated rings. The van der Waals surface area contributed by atoms with Gasteiger partial charge in [-0.1, -0.05) is 6.42 Å². The Morgan fingerprint density at radius 3 is 2.88 bits per heavy atom. The molecule has 3 rings (SSSR count). The van der Waals surface area contributed by atoms with E-state index >= 15 is 0 Å². The average molecular weight is 354 g/mol. The lowest BCUT2D eigenvalue weighted by Crippen LogP contribution is -2.48. The monoisotopic (exact) mass is 354 g/mol. The van der Waals surface area contributed by atoms with E-state index in [1.807, 2.05) is 0 Å². The van der Waals surface area contributed by atoms with E-state index < -0.39 is 10.0 Å². The third-order valence-corrected chi connectivity index (χ3v) is 5.64. The molecule has 0 aromatic carbocycles. The van der Waals surface area contributed by atoms with Crippen LogP contribution in [0.1, 0.15) is 36.9 Å². The summed E-state index contributed by atoms with van der Waals surface area (Å²) < 4.78 is 26.8. The van der Waals surface area contributed by atoms with E-state index in [4.69, 9.17) is 0 Å². The van der Waals surface area contributed by atoms with Gasteiger partial charge in [0.05, 0.1) is 18.5 Å². The third kappa shape index (κ3) is 4.43. The maximum absolute atomic E-state index is 12.2. The fourth-order valence-electron chi connectivity index (χ4n) is 3.66. The number of hydrogen-bond acceptors (Lipinski definition) is 5. The summed E-state index contributed by atoms with van der Waals surface area (Å²) in [6.07, 6.45) is 7.40. The summed E-state index contributed by atoms with van der Waals surface area (Å²) in [7, 11) is -3.17. The van der Waals surface area contributed by atoms with E-state index in [9.17, 15) is 13.2 Å². The number of fused-ring (bicyclic) bond motifs is 1. The molecule has 0 amide bonds. The fraction of sp³-hybridized carbons (Fsp3) is 0.750. The van der Waals surface area contributed by atoms with Crippen LogP contribution in [-0.4, -0.2) is 55.0 Å². The zero-order chi connectivity index (χ0) is 17.2. The van der Waals surface area contributed by atoms with E-state index in [0.717, 1.165) is 62.9 Å². The average Bonchev–Trinajstić information content (AvgIpc) is 2.97. The number of sulfonamides is 1. The van der Waals surface area contributed by atoms with Crippen LogP contribution >= 0.6 is 0 Å². The molecule has 1 aromatic rings. The van der Waals surface area contributed by atoms with Gasteiger partial charge in [0.1, 0.15) is 0 Å². The molecule has 2 aliphatic rings. The quantitative estimate of drug-likeness (QED) is 0.785. The number of aromatic nitrogens is 2. The van der Waals surface area contributed by atoms with Gasteiger partial charge in [-0.05, 0) is 44.2 Å². The molecule has 0 spiro atoms. The van der Waals surface area contributed by atoms with Crippen LogP contribution in [0.15, 0.2) is 10.9 Å². The second-order valence-corrected chi connectivity index (χ2v) is 8.67. The first-order valence-corrected chi connectivity index (χ1v) is 10.6. The Bertz CT molecular complexity index is 744. The molecule has 1 unspecified atom stereocenters. The summed E-state index contributed by atoms with van der Waals surface area (Å²) in [6.45, 7) is 2.66. The molecule has 7 nitrogen and oxygen atoms in total. The van der Waals surface area contributed by atoms with Crippen molar-refractivity contribution in [1.82, 2.24) is 19.4 Å². The summed E-state index contributed by atoms with van der Waals surface area (Å²) in [6, 6.07) is 1.92. The summed E-state index contributed by atoms with van der Waals surface area (Å²) in [5.74, 6) is 0. The number of hydrogen-bond donors (Lipinski definition) is 1. The normalized spacial score (nSPS) is 21.8. The van der Waals surface area contributed by atoms with Crippen molar-refractivity contribution in [3.8, 4) is 0 Å². The molecule has 0 radical (unpaired) electrons. The maximum Gasteiger partial charge on any atom is 0.267 e. The molecular formula is C16H26N4O3S. The molecule has 0 bridgehead atoms. The van der Waals surface area contributed by atoms with Gasteiger partial charge in [-0.25, -0.2) is 17.8 Å². The van der Waals surface area contributed by atoms with Crippen molar-refractivity contribution in [3.63, 3.8) is 0 Å². The predicted octanol–water partition coefficient (Wildman–Crippen LogP) is 0.136. The van der Waals surface area contributed by atoms with Crippen LogP contribution < -0.4 is 10.3 Å². The number of aryl methyl sites for hydroxylation is 2. The molecule has 0 saturated carbocycles. The standard InChI is InChI=1S/C16H26N4O3S/c1-24(22,23)17-12-14-6-2-3-8-19(14)9-10-20-16(21)11-13-5-4-7-15(13)18-20/h11,14,17H,2-10,12H2,1H3. The van der Waals surface area contributed by atoms with Gasteiger partial charge in [-0.2, -0.15) is 5.10 Å². The minimum atomic E-state index is -3.17. The lowest BCUT2D eigenvalue weighted by Gasteiger charge is -2.35. The van der Waals surface area contributed by atoms with Gasteiger partial charge in [0, 0.05) is 25.2 Å². The van der Waals surface area contributed by atoms with Crippen molar-refractivity contribution >= 4 is 10.0 Å². The smallest absolute Gasteiger partial charge is 0.267 e. The van der Waals surface area contributed by atoms with Crippen LogP contribution in [0.25, 0.3) is 0 Å². The van der Waals surface area contributed by atoms with Crippen LogP contribution in [0.5, 0.6) is 0 Å². The molecular weight excluding hydrogens is 328 g/mol. The lowest BCUT2D eigenvalue weighted by molar-refractivity contribution is 0.142. The number of nitrogens with zero attached hydrogens (tertiary/aromatic N) is 3. The summed E-state index contributed by atoms with van der Waals surface area (Å²) >= 11 is 0. The summed E-state index contributed by atoms with van der Waals surface area (Å²) in [5.41, 5.74) is 2.13. The van der Waals surface area contributed by atoms with Gasteiger partial charge in [0.2, 0.25) is 10.0 Å². The van der Waals surface area contributed by atoms with E-state index in [-0.39, 0.29) is 11.6 Å². The number of nitrogens with one attached hydrogen (secondary N) is 1. The second kappa shape index (κ2) is 7.33. The van der Waals surface area contributed by atoms with Crippen molar-refractivity contribution in [3.05, 3.63) is 27.7 Å². The van der Waals surface area contributed by atoms with E-state index in [1.54, 1.807) is 10.7 Å². The summed E-state index contributed by atoms with van der Waals surface area (Å²) in [5, 5.41) is 4.51. The summed E-state index contributed by atoms with van der Waals surface area (Å²) in [4.78, 5) is 14.5. The van der Waals surface area contributed by atoms with Gasteiger partial charge in [-0.15, -0.1) is 0 Å². The Kier molecular flexibility index (Phi) is 5.36. The van der Waals surface area contributed by atoms with Crippen LogP contribution in [0.4, 0.5) is 0 Å². The first-order valence-electron chi connectivity index (χ1n) is 8.71. The Hall–Kier alpha value is -1.25. The van der Waals surface area contributed by atoms with Crippen LogP contribution in [0.2, 0.25) is 0 Å². The highest BCUT2D eigenvalue weighted by Gasteiger charge is 2.23. The van der Waals surface area contributed by atoms with E-state index in [1.165, 1.54) is 6.26 Å². The number of likely N-dealkylation sites (tertiary alicyclic amines) is 1. The Morgan fingerprint density at radius 2 is 2.08 bits per heavy atom. The highest BCUT2D eigenvalue weighted by molar-refractivity contribution is 7.88. The molecule has 134 valence electrons. The molecule has 1 aliphatic carbocycles. The van der Waals surface area contributed by atoms with Gasteiger partial charge >= 0.3 is 0 Å². The highest BCUT2D eigenvalue weighted by atomic mass is 32.2. The zero-order valence-corrected chi connectivity index (χ0v) is 15.0. The maximum atomic E-state index is 12.2. The molecule has 1 saturated heterocycles. The molecule has 1 aromatic heterocycles. The van der Waals surface area contributed by atoms with Crippen LogP contribution in [-0.2, 0) is 29.4 Å². The predicted molar refractivity (Wildman–Crippen MR) is 92.6 cm³/mol. The Balaban J connectivity index is 1.63. The minimum Gasteiger partial charge on any atom is -0.297 e. The van der Waals surface area contributed by atoms with Gasteiger partial charge in [0.15, 0.2) is 0 Å². The highest BCUT2D eigenvalue weighted by Crippen LogP contribution is 2.18. The van der Waals surface area contributed by atoms with Gasteiger partial charge in [-0.3, -0.25) is 9.69 Å². The first-order chi connectivity index (χ1) is 11.4. The van der Waals surface area contributed by atoms with Gasteiger partial charge in [0.25, 0.3) is 5.56 Å². The Labute approximate surface area is 143 Å². The lowest BCUT2D eigenvalue weighted by atomic mass is 10.0. The third-order valence-electron chi connectivity index (χ3n) is 4.95. The number of rotatable bonds is 6. The van der Waals surface area contributed by atoms with Gasteiger partial charge < -0.3 is 0 Å². The van der Waals surface area contributed by atoms with Crippen LogP contribution in [0, 0.1) is 0 Å². The van der Waals surface area contributed by atoms with Crippen molar-refractivity contribution in [2.24, 2.45) is 0 Å². The molecule has 2 heterocycles. The first kappa shape index (κ1) is 17.6. The van der Waals surface area contributed by atoms with E-state index in [0.29, 0.717) is 13.1 Å². The molecule has 8 heteroatoms. The number of piperidine rings is 1. The zero-order valence-electron chi connectivity index (χ0n) is 14.2. The SMILES string of the molecule is CS(=O)(=O)NCC1CCCCN1CCn1nc2c(cc1=O)CCC2. The molecule has 24 heavy (non-hydrogen) atoms. The molecule has 1 aliphatic heterocycles. The van der Waals surface area contributed by atoms with E-state index in [2.05, 4.69) is 14.7 Å². The fourth-order valence-corrected chi connectivity index (χ4v) is 4.15. The van der Waals surface area contributed by atoms with Crippen LogP contribution in [0.3, 0.4) is 0 Å². The topological polar surface area (TPSA) is 84.3 Å². The molecule has 1 atom stereocenters. The minimum absolute atomic E-state index is 0.0292. The van der Waals surface area contributed by atoms with Crippen molar-refractivity contribution in [1.29, 1.82) is 0 Å². The largest absolute Gasteiger partial charge is 0.297 e.